The van der Waals surface area contributed by atoms with Gasteiger partial charge in [0.25, 0.3) is 5.69 Å². The molecular weight excluding hydrogens is 388 g/mol. The second-order valence-electron chi connectivity index (χ2n) is 6.70. The topological polar surface area (TPSA) is 72.6 Å². The van der Waals surface area contributed by atoms with Gasteiger partial charge in [-0.3, -0.25) is 10.1 Å². The van der Waals surface area contributed by atoms with Gasteiger partial charge in [0, 0.05) is 37.1 Å². The standard InChI is InChI=1S/C21H20N4O3S/c1-28-19-10-3-2-8-17(19)22-21(29)24-13-12-23-11-5-9-18(23)20(24)15-6-4-7-16(14-15)25(26)27/h2-11,14,20H,12-13H2,1H3,(H,22,29)/t20-/m0/s1. The Balaban J connectivity index is 1.71. The second kappa shape index (κ2) is 7.92. The van der Waals surface area contributed by atoms with E-state index in [4.69, 9.17) is 17.0 Å². The molecule has 0 fully saturated rings. The Morgan fingerprint density at radius 2 is 2.00 bits per heavy atom. The molecule has 7 nitrogen and oxygen atoms in total. The van der Waals surface area contributed by atoms with Gasteiger partial charge in [0.2, 0.25) is 0 Å². The van der Waals surface area contributed by atoms with Crippen LogP contribution in [0.4, 0.5) is 11.4 Å². The zero-order valence-electron chi connectivity index (χ0n) is 15.8. The number of hydrogen-bond acceptors (Lipinski definition) is 4. The lowest BCUT2D eigenvalue weighted by Crippen LogP contribution is -2.44. The number of nitrogens with one attached hydrogen (secondary N) is 1. The van der Waals surface area contributed by atoms with Crippen LogP contribution in [0.1, 0.15) is 17.3 Å². The van der Waals surface area contributed by atoms with Crippen LogP contribution in [0.3, 0.4) is 0 Å². The highest BCUT2D eigenvalue weighted by atomic mass is 32.1. The second-order valence-corrected chi connectivity index (χ2v) is 7.09. The Bertz CT molecular complexity index is 1070. The van der Waals surface area contributed by atoms with Crippen LogP contribution in [0, 0.1) is 10.1 Å². The fourth-order valence-electron chi connectivity index (χ4n) is 3.70. The predicted molar refractivity (Wildman–Crippen MR) is 115 cm³/mol. The lowest BCUT2D eigenvalue weighted by molar-refractivity contribution is -0.384. The third-order valence-corrected chi connectivity index (χ3v) is 5.38. The van der Waals surface area contributed by atoms with Crippen molar-refractivity contribution < 1.29 is 9.66 Å². The molecule has 0 spiro atoms. The normalized spacial score (nSPS) is 15.5. The zero-order chi connectivity index (χ0) is 20.4. The highest BCUT2D eigenvalue weighted by molar-refractivity contribution is 7.80. The Labute approximate surface area is 173 Å². The number of ether oxygens (including phenoxy) is 1. The molecule has 1 atom stereocenters. The summed E-state index contributed by atoms with van der Waals surface area (Å²) in [7, 11) is 1.61. The van der Waals surface area contributed by atoms with Crippen molar-refractivity contribution in [3.8, 4) is 5.75 Å². The molecule has 0 saturated carbocycles. The van der Waals surface area contributed by atoms with Gasteiger partial charge in [0.1, 0.15) is 5.75 Å². The Morgan fingerprint density at radius 3 is 2.79 bits per heavy atom. The highest BCUT2D eigenvalue weighted by Gasteiger charge is 2.31. The van der Waals surface area contributed by atoms with E-state index < -0.39 is 0 Å². The minimum absolute atomic E-state index is 0.0646. The van der Waals surface area contributed by atoms with E-state index in [-0.39, 0.29) is 16.7 Å². The van der Waals surface area contributed by atoms with Gasteiger partial charge in [-0.25, -0.2) is 0 Å². The first kappa shape index (κ1) is 18.9. The smallest absolute Gasteiger partial charge is 0.269 e. The molecular formula is C21H20N4O3S. The number of hydrogen-bond donors (Lipinski definition) is 1. The fourth-order valence-corrected chi connectivity index (χ4v) is 4.00. The van der Waals surface area contributed by atoms with E-state index in [1.165, 1.54) is 6.07 Å². The summed E-state index contributed by atoms with van der Waals surface area (Å²) < 4.78 is 7.57. The molecule has 148 valence electrons. The molecule has 0 aliphatic carbocycles. The highest BCUT2D eigenvalue weighted by Crippen LogP contribution is 2.35. The van der Waals surface area contributed by atoms with Crippen molar-refractivity contribution >= 4 is 28.7 Å². The number of para-hydroxylation sites is 2. The van der Waals surface area contributed by atoms with E-state index in [0.29, 0.717) is 17.4 Å². The SMILES string of the molecule is COc1ccccc1NC(=S)N1CCn2cccc2[C@@H]1c1cccc([N+](=O)[O-])c1. The van der Waals surface area contributed by atoms with E-state index >= 15 is 0 Å². The fraction of sp³-hybridized carbons (Fsp3) is 0.190. The quantitative estimate of drug-likeness (QED) is 0.396. The van der Waals surface area contributed by atoms with Crippen molar-refractivity contribution in [2.45, 2.75) is 12.6 Å². The number of thiocarbonyl (C=S) groups is 1. The minimum Gasteiger partial charge on any atom is -0.495 e. The summed E-state index contributed by atoms with van der Waals surface area (Å²) in [5.74, 6) is 0.696. The molecule has 1 aliphatic rings. The lowest BCUT2D eigenvalue weighted by atomic mass is 10.00. The number of aromatic nitrogens is 1. The van der Waals surface area contributed by atoms with E-state index in [9.17, 15) is 10.1 Å². The van der Waals surface area contributed by atoms with Crippen LogP contribution in [0.15, 0.2) is 66.9 Å². The molecule has 0 radical (unpaired) electrons. The molecule has 4 rings (SSSR count). The van der Waals surface area contributed by atoms with Crippen molar-refractivity contribution in [3.05, 3.63) is 88.2 Å². The minimum atomic E-state index is -0.374. The van der Waals surface area contributed by atoms with Gasteiger partial charge in [0.15, 0.2) is 5.11 Å². The Morgan fingerprint density at radius 1 is 1.17 bits per heavy atom. The van der Waals surface area contributed by atoms with Crippen LogP contribution in [0.5, 0.6) is 5.75 Å². The molecule has 0 amide bonds. The zero-order valence-corrected chi connectivity index (χ0v) is 16.6. The lowest BCUT2D eigenvalue weighted by Gasteiger charge is -2.39. The van der Waals surface area contributed by atoms with Gasteiger partial charge < -0.3 is 19.5 Å². The number of benzene rings is 2. The van der Waals surface area contributed by atoms with Crippen molar-refractivity contribution in [1.82, 2.24) is 9.47 Å². The summed E-state index contributed by atoms with van der Waals surface area (Å²) in [5, 5.41) is 15.1. The predicted octanol–water partition coefficient (Wildman–Crippen LogP) is 4.21. The summed E-state index contributed by atoms with van der Waals surface area (Å²) in [4.78, 5) is 13.0. The van der Waals surface area contributed by atoms with E-state index in [1.54, 1.807) is 19.2 Å². The molecule has 3 aromatic rings. The van der Waals surface area contributed by atoms with E-state index in [1.807, 2.05) is 48.7 Å². The van der Waals surface area contributed by atoms with E-state index in [2.05, 4.69) is 14.8 Å². The van der Waals surface area contributed by atoms with E-state index in [0.717, 1.165) is 23.5 Å². The maximum atomic E-state index is 11.3. The first-order chi connectivity index (χ1) is 14.1. The van der Waals surface area contributed by atoms with Crippen LogP contribution in [0.2, 0.25) is 0 Å². The monoisotopic (exact) mass is 408 g/mol. The van der Waals surface area contributed by atoms with Crippen LogP contribution >= 0.6 is 12.2 Å². The number of rotatable bonds is 4. The van der Waals surface area contributed by atoms with Gasteiger partial charge in [0.05, 0.1) is 23.8 Å². The third kappa shape index (κ3) is 3.66. The van der Waals surface area contributed by atoms with Gasteiger partial charge in [-0.05, 0) is 42.0 Å². The molecule has 0 unspecified atom stereocenters. The van der Waals surface area contributed by atoms with Gasteiger partial charge in [-0.2, -0.15) is 0 Å². The van der Waals surface area contributed by atoms with Crippen molar-refractivity contribution in [3.63, 3.8) is 0 Å². The summed E-state index contributed by atoms with van der Waals surface area (Å²) in [6.45, 7) is 1.46. The first-order valence-electron chi connectivity index (χ1n) is 9.18. The molecule has 1 aliphatic heterocycles. The number of nitro benzene ring substituents is 1. The maximum Gasteiger partial charge on any atom is 0.269 e. The summed E-state index contributed by atoms with van der Waals surface area (Å²) in [6.07, 6.45) is 2.02. The van der Waals surface area contributed by atoms with Crippen LogP contribution in [0.25, 0.3) is 0 Å². The Hall–Kier alpha value is -3.39. The molecule has 8 heteroatoms. The number of non-ortho nitro benzene ring substituents is 1. The number of methoxy groups -OCH3 is 1. The molecule has 0 saturated heterocycles. The van der Waals surface area contributed by atoms with Crippen molar-refractivity contribution in [1.29, 1.82) is 0 Å². The van der Waals surface area contributed by atoms with Crippen molar-refractivity contribution in [2.75, 3.05) is 19.0 Å². The summed E-state index contributed by atoms with van der Waals surface area (Å²) >= 11 is 5.74. The molecule has 2 aromatic carbocycles. The first-order valence-corrected chi connectivity index (χ1v) is 9.59. The molecule has 2 heterocycles. The number of nitrogens with zero attached hydrogens (tertiary/aromatic N) is 3. The number of fused-ring (bicyclic) bond motifs is 1. The molecule has 1 N–H and O–H groups in total. The van der Waals surface area contributed by atoms with Crippen molar-refractivity contribution in [2.24, 2.45) is 0 Å². The van der Waals surface area contributed by atoms with Crippen LogP contribution in [-0.2, 0) is 6.54 Å². The number of anilines is 1. The average molecular weight is 408 g/mol. The summed E-state index contributed by atoms with van der Waals surface area (Å²) in [6, 6.07) is 18.1. The van der Waals surface area contributed by atoms with Crippen LogP contribution in [-0.4, -0.2) is 33.2 Å². The Kier molecular flexibility index (Phi) is 5.18. The van der Waals surface area contributed by atoms with Crippen LogP contribution < -0.4 is 10.1 Å². The average Bonchev–Trinajstić information content (AvgIpc) is 3.22. The van der Waals surface area contributed by atoms with Gasteiger partial charge in [-0.1, -0.05) is 24.3 Å². The molecule has 0 bridgehead atoms. The maximum absolute atomic E-state index is 11.3. The van der Waals surface area contributed by atoms with Gasteiger partial charge in [-0.15, -0.1) is 0 Å². The summed E-state index contributed by atoms with van der Waals surface area (Å²) in [5.41, 5.74) is 2.71. The number of nitro groups is 1. The largest absolute Gasteiger partial charge is 0.495 e. The molecule has 1 aromatic heterocycles. The third-order valence-electron chi connectivity index (χ3n) is 5.04. The molecule has 29 heavy (non-hydrogen) atoms. The van der Waals surface area contributed by atoms with Gasteiger partial charge >= 0.3 is 0 Å².